The van der Waals surface area contributed by atoms with Crippen LogP contribution in [0.25, 0.3) is 0 Å². The zero-order valence-corrected chi connectivity index (χ0v) is 12.9. The molecule has 2 aromatic rings. The summed E-state index contributed by atoms with van der Waals surface area (Å²) >= 11 is 1.63. The van der Waals surface area contributed by atoms with Crippen LogP contribution in [0.1, 0.15) is 32.4 Å². The average molecular weight is 290 g/mol. The molecule has 4 nitrogen and oxygen atoms in total. The largest absolute Gasteiger partial charge is 0.392 e. The highest BCUT2D eigenvalue weighted by atomic mass is 32.2. The van der Waals surface area contributed by atoms with Gasteiger partial charge < -0.3 is 4.74 Å². The summed E-state index contributed by atoms with van der Waals surface area (Å²) in [6.45, 7) is 5.54. The number of hydrogen-bond acceptors (Lipinski definition) is 4. The highest BCUT2D eigenvalue weighted by molar-refractivity contribution is 7.99. The van der Waals surface area contributed by atoms with Gasteiger partial charge in [0.25, 0.3) is 0 Å². The maximum absolute atomic E-state index is 11.1. The first-order valence-corrected chi connectivity index (χ1v) is 7.28. The zero-order chi connectivity index (χ0) is 14.7. The summed E-state index contributed by atoms with van der Waals surface area (Å²) in [5.41, 5.74) is 0.942. The second-order valence-electron chi connectivity index (χ2n) is 4.81. The van der Waals surface area contributed by atoms with Crippen LogP contribution in [0.4, 0.5) is 0 Å². The quantitative estimate of drug-likeness (QED) is 0.807. The summed E-state index contributed by atoms with van der Waals surface area (Å²) in [4.78, 5) is 16.7. The maximum Gasteiger partial charge on any atom is 0.310 e. The van der Waals surface area contributed by atoms with Gasteiger partial charge in [-0.15, -0.1) is 0 Å². The van der Waals surface area contributed by atoms with Crippen LogP contribution in [0, 0.1) is 0 Å². The molecule has 0 amide bonds. The molecule has 0 atom stereocenters. The monoisotopic (exact) mass is 290 g/mol. The van der Waals surface area contributed by atoms with Crippen molar-refractivity contribution in [2.24, 2.45) is 7.05 Å². The SMILES string of the molecule is CC(=O)Oc1nc(C(C)C)c(Sc2ccccc2)n1C. The van der Waals surface area contributed by atoms with E-state index in [1.165, 1.54) is 6.92 Å². The summed E-state index contributed by atoms with van der Waals surface area (Å²) in [5, 5.41) is 1.00. The molecule has 0 N–H and O–H groups in total. The third-order valence-electron chi connectivity index (χ3n) is 2.77. The molecular formula is C15H18N2O2S. The minimum atomic E-state index is -0.357. The van der Waals surface area contributed by atoms with Gasteiger partial charge in [-0.2, -0.15) is 4.98 Å². The Hall–Kier alpha value is -1.75. The highest BCUT2D eigenvalue weighted by Gasteiger charge is 2.20. The molecule has 0 unspecified atom stereocenters. The number of nitrogens with zero attached hydrogens (tertiary/aromatic N) is 2. The number of benzene rings is 1. The summed E-state index contributed by atoms with van der Waals surface area (Å²) in [6, 6.07) is 10.4. The molecule has 106 valence electrons. The molecule has 5 heteroatoms. The van der Waals surface area contributed by atoms with Gasteiger partial charge in [-0.3, -0.25) is 9.36 Å². The molecule has 2 rings (SSSR count). The normalized spacial score (nSPS) is 10.8. The van der Waals surface area contributed by atoms with Gasteiger partial charge in [0.05, 0.1) is 5.69 Å². The van der Waals surface area contributed by atoms with E-state index >= 15 is 0 Å². The number of esters is 1. The lowest BCUT2D eigenvalue weighted by molar-refractivity contribution is -0.132. The van der Waals surface area contributed by atoms with Crippen LogP contribution in [0.2, 0.25) is 0 Å². The number of carbonyl (C=O) groups is 1. The average Bonchev–Trinajstić information content (AvgIpc) is 2.69. The third kappa shape index (κ3) is 3.22. The van der Waals surface area contributed by atoms with Gasteiger partial charge in [0.2, 0.25) is 0 Å². The summed E-state index contributed by atoms with van der Waals surface area (Å²) in [7, 11) is 1.86. The van der Waals surface area contributed by atoms with Gasteiger partial charge in [-0.25, -0.2) is 0 Å². The van der Waals surface area contributed by atoms with Crippen molar-refractivity contribution in [2.75, 3.05) is 0 Å². The summed E-state index contributed by atoms with van der Waals surface area (Å²) in [5.74, 6) is -0.0959. The van der Waals surface area contributed by atoms with E-state index in [2.05, 4.69) is 18.8 Å². The van der Waals surface area contributed by atoms with E-state index in [4.69, 9.17) is 4.74 Å². The van der Waals surface area contributed by atoms with Crippen LogP contribution in [-0.2, 0) is 11.8 Å². The minimum Gasteiger partial charge on any atom is -0.392 e. The van der Waals surface area contributed by atoms with Gasteiger partial charge in [0.15, 0.2) is 0 Å². The molecule has 1 heterocycles. The fraction of sp³-hybridized carbons (Fsp3) is 0.333. The number of hydrogen-bond donors (Lipinski definition) is 0. The van der Waals surface area contributed by atoms with Crippen molar-refractivity contribution in [2.45, 2.75) is 36.6 Å². The molecular weight excluding hydrogens is 272 g/mol. The van der Waals surface area contributed by atoms with Crippen molar-refractivity contribution < 1.29 is 9.53 Å². The smallest absolute Gasteiger partial charge is 0.310 e. The Labute approximate surface area is 123 Å². The molecule has 20 heavy (non-hydrogen) atoms. The Kier molecular flexibility index (Phi) is 4.49. The molecule has 0 bridgehead atoms. The first-order valence-electron chi connectivity index (χ1n) is 6.47. The third-order valence-corrected chi connectivity index (χ3v) is 3.95. The lowest BCUT2D eigenvalue weighted by atomic mass is 10.2. The van der Waals surface area contributed by atoms with Crippen molar-refractivity contribution in [3.05, 3.63) is 36.0 Å². The predicted octanol–water partition coefficient (Wildman–Crippen LogP) is 3.62. The van der Waals surface area contributed by atoms with Gasteiger partial charge in [-0.05, 0) is 18.1 Å². The Bertz CT molecular complexity index is 606. The molecule has 0 aliphatic carbocycles. The molecule has 1 aromatic carbocycles. The zero-order valence-electron chi connectivity index (χ0n) is 12.1. The van der Waals surface area contributed by atoms with Crippen molar-refractivity contribution in [1.82, 2.24) is 9.55 Å². The topological polar surface area (TPSA) is 44.1 Å². The van der Waals surface area contributed by atoms with Crippen LogP contribution < -0.4 is 4.74 Å². The lowest BCUT2D eigenvalue weighted by Gasteiger charge is -2.08. The minimum absolute atomic E-state index is 0.261. The van der Waals surface area contributed by atoms with Crippen LogP contribution in [-0.4, -0.2) is 15.5 Å². The molecule has 0 saturated carbocycles. The number of aromatic nitrogens is 2. The summed E-state index contributed by atoms with van der Waals surface area (Å²) in [6.07, 6.45) is 0. The van der Waals surface area contributed by atoms with E-state index in [1.54, 1.807) is 11.8 Å². The maximum atomic E-state index is 11.1. The Morgan fingerprint density at radius 2 is 1.95 bits per heavy atom. The standard InChI is InChI=1S/C15H18N2O2S/c1-10(2)13-14(20-12-8-6-5-7-9-12)17(4)15(16-13)19-11(3)18/h5-10H,1-4H3. The highest BCUT2D eigenvalue weighted by Crippen LogP contribution is 2.35. The van der Waals surface area contributed by atoms with Gasteiger partial charge in [0, 0.05) is 18.9 Å². The van der Waals surface area contributed by atoms with Gasteiger partial charge in [-0.1, -0.05) is 43.8 Å². The molecule has 0 aliphatic rings. The molecule has 0 saturated heterocycles. The van der Waals surface area contributed by atoms with Crippen LogP contribution >= 0.6 is 11.8 Å². The lowest BCUT2D eigenvalue weighted by Crippen LogP contribution is -2.06. The first-order chi connectivity index (χ1) is 9.49. The van der Waals surface area contributed by atoms with E-state index < -0.39 is 0 Å². The van der Waals surface area contributed by atoms with Crippen molar-refractivity contribution in [3.63, 3.8) is 0 Å². The summed E-state index contributed by atoms with van der Waals surface area (Å²) < 4.78 is 6.98. The van der Waals surface area contributed by atoms with E-state index in [0.717, 1.165) is 15.6 Å². The number of imidazole rings is 1. The number of carbonyl (C=O) groups excluding carboxylic acids is 1. The Balaban J connectivity index is 2.39. The molecule has 1 aromatic heterocycles. The van der Waals surface area contributed by atoms with Crippen molar-refractivity contribution in [3.8, 4) is 6.01 Å². The molecule has 0 radical (unpaired) electrons. The number of ether oxygens (including phenoxy) is 1. The Morgan fingerprint density at radius 3 is 2.50 bits per heavy atom. The molecule has 0 fully saturated rings. The molecule has 0 aliphatic heterocycles. The van der Waals surface area contributed by atoms with Crippen molar-refractivity contribution in [1.29, 1.82) is 0 Å². The molecule has 0 spiro atoms. The first kappa shape index (κ1) is 14.7. The second-order valence-corrected chi connectivity index (χ2v) is 5.87. The van der Waals surface area contributed by atoms with E-state index in [0.29, 0.717) is 6.01 Å². The van der Waals surface area contributed by atoms with Gasteiger partial charge in [0.1, 0.15) is 5.03 Å². The van der Waals surface area contributed by atoms with Crippen molar-refractivity contribution >= 4 is 17.7 Å². The van der Waals surface area contributed by atoms with E-state index in [-0.39, 0.29) is 11.9 Å². The van der Waals surface area contributed by atoms with E-state index in [9.17, 15) is 4.79 Å². The van der Waals surface area contributed by atoms with Crippen LogP contribution in [0.5, 0.6) is 6.01 Å². The van der Waals surface area contributed by atoms with Crippen LogP contribution in [0.15, 0.2) is 40.3 Å². The number of rotatable bonds is 4. The van der Waals surface area contributed by atoms with Crippen LogP contribution in [0.3, 0.4) is 0 Å². The fourth-order valence-corrected chi connectivity index (χ4v) is 2.92. The van der Waals surface area contributed by atoms with Gasteiger partial charge >= 0.3 is 12.0 Å². The second kappa shape index (κ2) is 6.13. The Morgan fingerprint density at radius 1 is 1.30 bits per heavy atom. The predicted molar refractivity (Wildman–Crippen MR) is 79.2 cm³/mol. The fourth-order valence-electron chi connectivity index (χ4n) is 1.80. The van der Waals surface area contributed by atoms with E-state index in [1.807, 2.05) is 41.9 Å².